The monoisotopic (exact) mass is 221 g/mol. The number of carbonyl (C=O) groups excluding carboxylic acids is 1. The molecule has 1 saturated heterocycles. The molecule has 1 heterocycles. The summed E-state index contributed by atoms with van der Waals surface area (Å²) in [7, 11) is 0. The first-order valence-corrected chi connectivity index (χ1v) is 6.15. The molecule has 3 heteroatoms. The first-order chi connectivity index (χ1) is 7.18. The molecule has 1 fully saturated rings. The Hall–Kier alpha value is -0.960. The van der Waals surface area contributed by atoms with Gasteiger partial charge in [0.15, 0.2) is 0 Å². The Morgan fingerprint density at radius 1 is 1.40 bits per heavy atom. The zero-order chi connectivity index (χ0) is 10.7. The van der Waals surface area contributed by atoms with Crippen molar-refractivity contribution in [1.29, 1.82) is 0 Å². The average Bonchev–Trinajstić information content (AvgIpc) is 2.58. The normalized spacial score (nSPS) is 25.3. The summed E-state index contributed by atoms with van der Waals surface area (Å²) in [4.78, 5) is 11.1. The predicted octanol–water partition coefficient (Wildman–Crippen LogP) is 2.20. The first-order valence-electron chi connectivity index (χ1n) is 5.17. The molecule has 80 valence electrons. The summed E-state index contributed by atoms with van der Waals surface area (Å²) in [5.74, 6) is 0.765. The molecule has 1 amide bonds. The van der Waals surface area contributed by atoms with Gasteiger partial charge in [-0.1, -0.05) is 30.3 Å². The van der Waals surface area contributed by atoms with Gasteiger partial charge < -0.3 is 5.32 Å². The standard InChI is InChI=1S/C12H15NOS/c1-12(13-11(14)9-15-12)8-7-10-5-3-2-4-6-10/h2-6H,7-9H2,1H3,(H,13,14)/t12-/m1/s1. The highest BCUT2D eigenvalue weighted by molar-refractivity contribution is 8.01. The highest BCUT2D eigenvalue weighted by Gasteiger charge is 2.33. The minimum absolute atomic E-state index is 0.0626. The fourth-order valence-electron chi connectivity index (χ4n) is 1.75. The molecule has 1 aliphatic heterocycles. The van der Waals surface area contributed by atoms with Gasteiger partial charge in [-0.15, -0.1) is 11.8 Å². The molecule has 2 nitrogen and oxygen atoms in total. The van der Waals surface area contributed by atoms with E-state index in [0.29, 0.717) is 5.75 Å². The van der Waals surface area contributed by atoms with Crippen LogP contribution in [0.4, 0.5) is 0 Å². The lowest BCUT2D eigenvalue weighted by molar-refractivity contribution is -0.118. The summed E-state index contributed by atoms with van der Waals surface area (Å²) in [6.45, 7) is 2.10. The SMILES string of the molecule is C[C@@]1(CCc2ccccc2)NC(=O)CS1. The Balaban J connectivity index is 1.91. The molecule has 2 rings (SSSR count). The highest BCUT2D eigenvalue weighted by atomic mass is 32.2. The van der Waals surface area contributed by atoms with Crippen molar-refractivity contribution < 1.29 is 4.79 Å². The van der Waals surface area contributed by atoms with Crippen LogP contribution in [0.5, 0.6) is 0 Å². The largest absolute Gasteiger partial charge is 0.341 e. The van der Waals surface area contributed by atoms with E-state index in [1.54, 1.807) is 11.8 Å². The summed E-state index contributed by atoms with van der Waals surface area (Å²) in [6.07, 6.45) is 2.01. The molecular formula is C12H15NOS. The van der Waals surface area contributed by atoms with Crippen molar-refractivity contribution >= 4 is 17.7 Å². The zero-order valence-electron chi connectivity index (χ0n) is 8.82. The molecule has 1 aromatic carbocycles. The quantitative estimate of drug-likeness (QED) is 0.847. The van der Waals surface area contributed by atoms with E-state index in [2.05, 4.69) is 36.5 Å². The number of benzene rings is 1. The van der Waals surface area contributed by atoms with Crippen LogP contribution >= 0.6 is 11.8 Å². The average molecular weight is 221 g/mol. The highest BCUT2D eigenvalue weighted by Crippen LogP contribution is 2.31. The number of hydrogen-bond acceptors (Lipinski definition) is 2. The maximum Gasteiger partial charge on any atom is 0.231 e. The molecule has 0 spiro atoms. The Morgan fingerprint density at radius 2 is 2.13 bits per heavy atom. The van der Waals surface area contributed by atoms with E-state index in [1.165, 1.54) is 5.56 Å². The van der Waals surface area contributed by atoms with Crippen molar-refractivity contribution in [2.75, 3.05) is 5.75 Å². The molecule has 1 atom stereocenters. The van der Waals surface area contributed by atoms with Crippen LogP contribution in [0.3, 0.4) is 0 Å². The molecule has 1 aromatic rings. The van der Waals surface area contributed by atoms with Crippen LogP contribution in [0.25, 0.3) is 0 Å². The molecule has 15 heavy (non-hydrogen) atoms. The summed E-state index contributed by atoms with van der Waals surface area (Å²) >= 11 is 1.71. The predicted molar refractivity (Wildman–Crippen MR) is 63.8 cm³/mol. The second-order valence-electron chi connectivity index (χ2n) is 4.05. The van der Waals surface area contributed by atoms with Gasteiger partial charge >= 0.3 is 0 Å². The summed E-state index contributed by atoms with van der Waals surface area (Å²) in [6, 6.07) is 10.4. The van der Waals surface area contributed by atoms with E-state index in [-0.39, 0.29) is 10.8 Å². The van der Waals surface area contributed by atoms with E-state index in [9.17, 15) is 4.79 Å². The number of amides is 1. The smallest absolute Gasteiger partial charge is 0.231 e. The van der Waals surface area contributed by atoms with E-state index in [1.807, 2.05) is 6.07 Å². The first kappa shape index (κ1) is 10.6. The van der Waals surface area contributed by atoms with Crippen molar-refractivity contribution in [3.8, 4) is 0 Å². The number of hydrogen-bond donors (Lipinski definition) is 1. The molecular weight excluding hydrogens is 206 g/mol. The molecule has 1 aliphatic rings. The van der Waals surface area contributed by atoms with E-state index >= 15 is 0 Å². The lowest BCUT2D eigenvalue weighted by Gasteiger charge is -2.22. The maximum atomic E-state index is 11.1. The van der Waals surface area contributed by atoms with Crippen LogP contribution in [0.1, 0.15) is 18.9 Å². The molecule has 0 radical (unpaired) electrons. The lowest BCUT2D eigenvalue weighted by Crippen LogP contribution is -2.36. The van der Waals surface area contributed by atoms with Crippen LogP contribution in [0.2, 0.25) is 0 Å². The molecule has 1 N–H and O–H groups in total. The maximum absolute atomic E-state index is 11.1. The van der Waals surface area contributed by atoms with Gasteiger partial charge in [-0.25, -0.2) is 0 Å². The van der Waals surface area contributed by atoms with Gasteiger partial charge in [0.05, 0.1) is 10.6 Å². The second-order valence-corrected chi connectivity index (χ2v) is 5.53. The van der Waals surface area contributed by atoms with Crippen LogP contribution in [-0.2, 0) is 11.2 Å². The lowest BCUT2D eigenvalue weighted by atomic mass is 10.1. The number of carbonyl (C=O) groups is 1. The Bertz CT molecular complexity index is 352. The number of rotatable bonds is 3. The molecule has 0 bridgehead atoms. The molecule has 0 unspecified atom stereocenters. The van der Waals surface area contributed by atoms with Gasteiger partial charge in [-0.3, -0.25) is 4.79 Å². The van der Waals surface area contributed by atoms with Crippen molar-refractivity contribution in [3.63, 3.8) is 0 Å². The van der Waals surface area contributed by atoms with Crippen molar-refractivity contribution in [3.05, 3.63) is 35.9 Å². The number of nitrogens with one attached hydrogen (secondary N) is 1. The fraction of sp³-hybridized carbons (Fsp3) is 0.417. The topological polar surface area (TPSA) is 29.1 Å². The summed E-state index contributed by atoms with van der Waals surface area (Å²) < 4.78 is 0. The van der Waals surface area contributed by atoms with Gasteiger partial charge in [0, 0.05) is 0 Å². The molecule has 0 saturated carbocycles. The molecule has 0 aromatic heterocycles. The Morgan fingerprint density at radius 3 is 2.73 bits per heavy atom. The van der Waals surface area contributed by atoms with Crippen LogP contribution in [0, 0.1) is 0 Å². The fourth-order valence-corrected chi connectivity index (χ4v) is 2.71. The van der Waals surface area contributed by atoms with Gasteiger partial charge in [-0.2, -0.15) is 0 Å². The van der Waals surface area contributed by atoms with Gasteiger partial charge in [-0.05, 0) is 25.3 Å². The van der Waals surface area contributed by atoms with Crippen molar-refractivity contribution in [1.82, 2.24) is 5.32 Å². The Kier molecular flexibility index (Phi) is 3.00. The third kappa shape index (κ3) is 2.75. The number of thioether (sulfide) groups is 1. The third-order valence-electron chi connectivity index (χ3n) is 2.66. The van der Waals surface area contributed by atoms with E-state index < -0.39 is 0 Å². The van der Waals surface area contributed by atoms with Gasteiger partial charge in [0.25, 0.3) is 0 Å². The summed E-state index contributed by atoms with van der Waals surface area (Å²) in [5.41, 5.74) is 1.33. The Labute approximate surface area is 94.4 Å². The van der Waals surface area contributed by atoms with Crippen LogP contribution in [-0.4, -0.2) is 16.5 Å². The number of aryl methyl sites for hydroxylation is 1. The van der Waals surface area contributed by atoms with Gasteiger partial charge in [0.1, 0.15) is 0 Å². The van der Waals surface area contributed by atoms with Crippen molar-refractivity contribution in [2.24, 2.45) is 0 Å². The molecule has 0 aliphatic carbocycles. The van der Waals surface area contributed by atoms with Crippen LogP contribution < -0.4 is 5.32 Å². The van der Waals surface area contributed by atoms with Crippen molar-refractivity contribution in [2.45, 2.75) is 24.6 Å². The summed E-state index contributed by atoms with van der Waals surface area (Å²) in [5, 5.41) is 3.02. The third-order valence-corrected chi connectivity index (χ3v) is 4.01. The van der Waals surface area contributed by atoms with Crippen LogP contribution in [0.15, 0.2) is 30.3 Å². The minimum Gasteiger partial charge on any atom is -0.341 e. The van der Waals surface area contributed by atoms with Gasteiger partial charge in [0.2, 0.25) is 5.91 Å². The van der Waals surface area contributed by atoms with E-state index in [0.717, 1.165) is 12.8 Å². The second kappa shape index (κ2) is 4.27. The van der Waals surface area contributed by atoms with E-state index in [4.69, 9.17) is 0 Å². The minimum atomic E-state index is -0.0626. The zero-order valence-corrected chi connectivity index (χ0v) is 9.64.